The van der Waals surface area contributed by atoms with E-state index in [2.05, 4.69) is 21.2 Å². The highest BCUT2D eigenvalue weighted by Crippen LogP contribution is 2.25. The predicted molar refractivity (Wildman–Crippen MR) is 140 cm³/mol. The molecule has 0 bridgehead atoms. The Balaban J connectivity index is 2.35. The number of halogens is 2. The van der Waals surface area contributed by atoms with Gasteiger partial charge in [-0.05, 0) is 55.7 Å². The lowest BCUT2D eigenvalue weighted by atomic mass is 10.1. The van der Waals surface area contributed by atoms with Crippen LogP contribution in [0.15, 0.2) is 46.9 Å². The molecule has 0 aliphatic carbocycles. The third kappa shape index (κ3) is 7.99. The van der Waals surface area contributed by atoms with E-state index in [1.165, 1.54) is 11.0 Å². The van der Waals surface area contributed by atoms with Crippen LogP contribution >= 0.6 is 27.5 Å². The Bertz CT molecular complexity index is 1110. The molecule has 1 N–H and O–H groups in total. The van der Waals surface area contributed by atoms with E-state index in [0.29, 0.717) is 11.6 Å². The summed E-state index contributed by atoms with van der Waals surface area (Å²) < 4.78 is 27.1. The Labute approximate surface area is 215 Å². The summed E-state index contributed by atoms with van der Waals surface area (Å²) in [5.74, 6) is -0.786. The van der Waals surface area contributed by atoms with Crippen molar-refractivity contribution >= 4 is 55.1 Å². The number of sulfonamides is 1. The zero-order valence-corrected chi connectivity index (χ0v) is 23.0. The number of amides is 2. The van der Waals surface area contributed by atoms with Crippen LogP contribution in [-0.4, -0.2) is 50.5 Å². The average Bonchev–Trinajstić information content (AvgIpc) is 2.77. The van der Waals surface area contributed by atoms with E-state index in [9.17, 15) is 18.0 Å². The Hall–Kier alpha value is -2.10. The van der Waals surface area contributed by atoms with E-state index in [1.807, 2.05) is 31.2 Å². The zero-order valence-electron chi connectivity index (χ0n) is 19.8. The van der Waals surface area contributed by atoms with Crippen molar-refractivity contribution in [3.63, 3.8) is 0 Å². The maximum Gasteiger partial charge on any atom is 0.244 e. The average molecular weight is 573 g/mol. The molecule has 186 valence electrons. The molecule has 1 atom stereocenters. The van der Waals surface area contributed by atoms with Crippen molar-refractivity contribution in [1.82, 2.24) is 10.2 Å². The van der Waals surface area contributed by atoms with Gasteiger partial charge in [-0.25, -0.2) is 8.42 Å². The van der Waals surface area contributed by atoms with Gasteiger partial charge in [0.25, 0.3) is 0 Å². The van der Waals surface area contributed by atoms with E-state index in [0.717, 1.165) is 39.0 Å². The van der Waals surface area contributed by atoms with Gasteiger partial charge in [0, 0.05) is 22.6 Å². The number of benzene rings is 2. The molecule has 2 rings (SSSR count). The van der Waals surface area contributed by atoms with Gasteiger partial charge in [-0.15, -0.1) is 0 Å². The molecule has 0 saturated carbocycles. The number of nitrogens with one attached hydrogen (secondary N) is 1. The van der Waals surface area contributed by atoms with E-state index >= 15 is 0 Å². The lowest BCUT2D eigenvalue weighted by Crippen LogP contribution is -2.51. The van der Waals surface area contributed by atoms with Crippen LogP contribution in [0.1, 0.15) is 37.8 Å². The third-order valence-corrected chi connectivity index (χ3v) is 7.46. The first-order valence-electron chi connectivity index (χ1n) is 11.0. The second-order valence-corrected chi connectivity index (χ2v) is 11.4. The number of carbonyl (C=O) groups excluding carboxylic acids is 2. The molecule has 34 heavy (non-hydrogen) atoms. The number of anilines is 1. The van der Waals surface area contributed by atoms with Crippen molar-refractivity contribution in [2.24, 2.45) is 0 Å². The molecule has 0 aromatic heterocycles. The minimum atomic E-state index is -3.80. The van der Waals surface area contributed by atoms with Crippen LogP contribution in [0.3, 0.4) is 0 Å². The minimum Gasteiger partial charge on any atom is -0.354 e. The van der Waals surface area contributed by atoms with E-state index in [4.69, 9.17) is 11.6 Å². The Kier molecular flexibility index (Phi) is 10.4. The van der Waals surface area contributed by atoms with Crippen molar-refractivity contribution in [2.45, 2.75) is 46.2 Å². The summed E-state index contributed by atoms with van der Waals surface area (Å²) in [6.07, 6.45) is 2.79. The third-order valence-electron chi connectivity index (χ3n) is 5.39. The van der Waals surface area contributed by atoms with Gasteiger partial charge in [-0.1, -0.05) is 59.1 Å². The Morgan fingerprint density at radius 1 is 1.15 bits per heavy atom. The summed E-state index contributed by atoms with van der Waals surface area (Å²) in [5.41, 5.74) is 1.89. The number of hydrogen-bond donors (Lipinski definition) is 1. The zero-order chi connectivity index (χ0) is 25.5. The van der Waals surface area contributed by atoms with Crippen molar-refractivity contribution in [3.8, 4) is 0 Å². The van der Waals surface area contributed by atoms with Gasteiger partial charge in [-0.3, -0.25) is 13.9 Å². The highest BCUT2D eigenvalue weighted by atomic mass is 79.9. The van der Waals surface area contributed by atoms with Gasteiger partial charge in [-0.2, -0.15) is 0 Å². The number of unbranched alkanes of at least 4 members (excludes halogenated alkanes) is 1. The lowest BCUT2D eigenvalue weighted by molar-refractivity contribution is -0.139. The standard InChI is InChI=1S/C24H31BrClN3O4S/c1-5-6-13-27-24(31)18(3)28(15-19-8-10-20(25)11-9-19)23(30)16-29(34(4,32)33)21-12-7-17(2)22(26)14-21/h7-12,14,18H,5-6,13,15-16H2,1-4H3,(H,27,31)/t18-/m0/s1. The lowest BCUT2D eigenvalue weighted by Gasteiger charge is -2.31. The summed E-state index contributed by atoms with van der Waals surface area (Å²) in [4.78, 5) is 27.7. The first-order chi connectivity index (χ1) is 15.9. The maximum absolute atomic E-state index is 13.5. The van der Waals surface area contributed by atoms with Crippen molar-refractivity contribution in [2.75, 3.05) is 23.7 Å². The predicted octanol–water partition coefficient (Wildman–Crippen LogP) is 4.51. The van der Waals surface area contributed by atoms with Gasteiger partial charge < -0.3 is 10.2 Å². The molecule has 0 saturated heterocycles. The molecule has 0 radical (unpaired) electrons. The summed E-state index contributed by atoms with van der Waals surface area (Å²) in [5, 5.41) is 3.25. The fourth-order valence-electron chi connectivity index (χ4n) is 3.26. The minimum absolute atomic E-state index is 0.154. The second-order valence-electron chi connectivity index (χ2n) is 8.17. The van der Waals surface area contributed by atoms with Gasteiger partial charge in [0.15, 0.2) is 0 Å². The molecule has 0 aliphatic heterocycles. The molecular weight excluding hydrogens is 542 g/mol. The Morgan fingerprint density at radius 3 is 2.35 bits per heavy atom. The molecule has 0 heterocycles. The molecule has 2 aromatic carbocycles. The highest BCUT2D eigenvalue weighted by Gasteiger charge is 2.30. The summed E-state index contributed by atoms with van der Waals surface area (Å²) in [6, 6.07) is 11.4. The van der Waals surface area contributed by atoms with Crippen molar-refractivity contribution in [1.29, 1.82) is 0 Å². The van der Waals surface area contributed by atoms with Gasteiger partial charge in [0.05, 0.1) is 11.9 Å². The number of carbonyl (C=O) groups is 2. The molecule has 0 aliphatic rings. The monoisotopic (exact) mass is 571 g/mol. The van der Waals surface area contributed by atoms with Crippen LogP contribution in [0.5, 0.6) is 0 Å². The number of aryl methyl sites for hydroxylation is 1. The normalized spacial score (nSPS) is 12.2. The van der Waals surface area contributed by atoms with Crippen LogP contribution in [0, 0.1) is 6.92 Å². The molecule has 2 aromatic rings. The fourth-order valence-corrected chi connectivity index (χ4v) is 4.54. The number of hydrogen-bond acceptors (Lipinski definition) is 4. The largest absolute Gasteiger partial charge is 0.354 e. The maximum atomic E-state index is 13.5. The fraction of sp³-hybridized carbons (Fsp3) is 0.417. The van der Waals surface area contributed by atoms with Gasteiger partial charge in [0.2, 0.25) is 21.8 Å². The van der Waals surface area contributed by atoms with Gasteiger partial charge in [0.1, 0.15) is 12.6 Å². The van der Waals surface area contributed by atoms with Crippen LogP contribution < -0.4 is 9.62 Å². The Morgan fingerprint density at radius 2 is 1.79 bits per heavy atom. The van der Waals surface area contributed by atoms with Crippen LogP contribution in [-0.2, 0) is 26.2 Å². The van der Waals surface area contributed by atoms with Gasteiger partial charge >= 0.3 is 0 Å². The second kappa shape index (κ2) is 12.6. The number of nitrogens with zero attached hydrogens (tertiary/aromatic N) is 2. The van der Waals surface area contributed by atoms with Crippen LogP contribution in [0.2, 0.25) is 5.02 Å². The molecule has 7 nitrogen and oxygen atoms in total. The topological polar surface area (TPSA) is 86.8 Å². The molecule has 0 spiro atoms. The highest BCUT2D eigenvalue weighted by molar-refractivity contribution is 9.10. The van der Waals surface area contributed by atoms with E-state index in [-0.39, 0.29) is 18.1 Å². The quantitative estimate of drug-likeness (QED) is 0.402. The van der Waals surface area contributed by atoms with Crippen molar-refractivity contribution < 1.29 is 18.0 Å². The SMILES string of the molecule is CCCCNC(=O)[C@H](C)N(Cc1ccc(Br)cc1)C(=O)CN(c1ccc(C)c(Cl)c1)S(C)(=O)=O. The summed E-state index contributed by atoms with van der Waals surface area (Å²) >= 11 is 9.60. The molecule has 10 heteroatoms. The van der Waals surface area contributed by atoms with Crippen LogP contribution in [0.25, 0.3) is 0 Å². The summed E-state index contributed by atoms with van der Waals surface area (Å²) in [7, 11) is -3.80. The van der Waals surface area contributed by atoms with E-state index in [1.54, 1.807) is 26.0 Å². The first kappa shape index (κ1) is 28.1. The van der Waals surface area contributed by atoms with E-state index < -0.39 is 28.5 Å². The molecular formula is C24H31BrClN3O4S. The number of rotatable bonds is 11. The smallest absolute Gasteiger partial charge is 0.244 e. The molecule has 0 fully saturated rings. The summed E-state index contributed by atoms with van der Waals surface area (Å²) in [6.45, 7) is 5.68. The molecule has 0 unspecified atom stereocenters. The van der Waals surface area contributed by atoms with Crippen LogP contribution in [0.4, 0.5) is 5.69 Å². The first-order valence-corrected chi connectivity index (χ1v) is 14.0. The van der Waals surface area contributed by atoms with Crippen molar-refractivity contribution in [3.05, 3.63) is 63.1 Å². The molecule has 2 amide bonds.